The smallest absolute Gasteiger partial charge is 0.264 e. The number of ether oxygens (including phenoxy) is 1. The second kappa shape index (κ2) is 9.37. The van der Waals surface area contributed by atoms with Crippen molar-refractivity contribution in [1.82, 2.24) is 0 Å². The number of rotatable bonds is 5. The van der Waals surface area contributed by atoms with Crippen LogP contribution in [0.2, 0.25) is 5.02 Å². The molecule has 2 atom stereocenters. The lowest BCUT2D eigenvalue weighted by Gasteiger charge is -2.39. The van der Waals surface area contributed by atoms with Crippen LogP contribution in [0.4, 0.5) is 14.5 Å². The van der Waals surface area contributed by atoms with Gasteiger partial charge in [0.25, 0.3) is 10.0 Å². The molecule has 1 N–H and O–H groups in total. The van der Waals surface area contributed by atoms with Crippen molar-refractivity contribution >= 4 is 39.5 Å². The Balaban J connectivity index is 1.80. The Morgan fingerprint density at radius 3 is 2.56 bits per heavy atom. The summed E-state index contributed by atoms with van der Waals surface area (Å²) in [7, 11) is -2.93. The molecule has 0 aliphatic carbocycles. The first-order valence-electron chi connectivity index (χ1n) is 10.4. The molecule has 1 heterocycles. The van der Waals surface area contributed by atoms with E-state index < -0.39 is 33.8 Å². The summed E-state index contributed by atoms with van der Waals surface area (Å²) >= 11 is 6.09. The van der Waals surface area contributed by atoms with E-state index in [1.165, 1.54) is 25.3 Å². The summed E-state index contributed by atoms with van der Waals surface area (Å²) in [5.41, 5.74) is 1.83. The highest BCUT2D eigenvalue weighted by atomic mass is 35.5. The summed E-state index contributed by atoms with van der Waals surface area (Å²) in [4.78, 5) is -0.170. The van der Waals surface area contributed by atoms with Gasteiger partial charge in [0.15, 0.2) is 11.6 Å². The number of aliphatic hydroxyl groups excluding tert-OH is 1. The highest BCUT2D eigenvalue weighted by molar-refractivity contribution is 7.92. The molecule has 0 saturated carbocycles. The van der Waals surface area contributed by atoms with Crippen LogP contribution < -0.4 is 9.04 Å². The van der Waals surface area contributed by atoms with Crippen LogP contribution in [0.25, 0.3) is 12.2 Å². The van der Waals surface area contributed by atoms with Crippen LogP contribution in [-0.4, -0.2) is 32.8 Å². The first-order chi connectivity index (χ1) is 16.1. The predicted molar refractivity (Wildman–Crippen MR) is 129 cm³/mol. The van der Waals surface area contributed by atoms with Crippen LogP contribution in [-0.2, 0) is 16.4 Å². The first kappa shape index (κ1) is 24.2. The predicted octanol–water partition coefficient (Wildman–Crippen LogP) is 5.30. The van der Waals surface area contributed by atoms with Crippen molar-refractivity contribution < 1.29 is 27.0 Å². The first-order valence-corrected chi connectivity index (χ1v) is 12.3. The van der Waals surface area contributed by atoms with E-state index in [1.54, 1.807) is 37.3 Å². The second-order valence-corrected chi connectivity index (χ2v) is 10.2. The molecule has 0 bridgehead atoms. The van der Waals surface area contributed by atoms with Crippen LogP contribution in [0.1, 0.15) is 23.6 Å². The van der Waals surface area contributed by atoms with Crippen LogP contribution >= 0.6 is 11.6 Å². The Hall–Kier alpha value is -2.94. The minimum Gasteiger partial charge on any atom is -0.494 e. The SMILES string of the molecule is COc1cc(S(=O)(=O)N2c3cc(/C=C/c4c(F)cccc4Cl)ccc3CC(O)C2C)ccc1F. The Morgan fingerprint density at radius 1 is 1.09 bits per heavy atom. The molecule has 9 heteroatoms. The van der Waals surface area contributed by atoms with Crippen LogP contribution in [0, 0.1) is 11.6 Å². The fourth-order valence-electron chi connectivity index (χ4n) is 3.95. The highest BCUT2D eigenvalue weighted by Crippen LogP contribution is 2.37. The molecule has 3 aromatic carbocycles. The fourth-order valence-corrected chi connectivity index (χ4v) is 5.90. The maximum atomic E-state index is 14.1. The monoisotopic (exact) mass is 505 g/mol. The average Bonchev–Trinajstić information content (AvgIpc) is 2.79. The lowest BCUT2D eigenvalue weighted by molar-refractivity contribution is 0.147. The summed E-state index contributed by atoms with van der Waals surface area (Å²) < 4.78 is 61.3. The number of methoxy groups -OCH3 is 1. The number of benzene rings is 3. The molecule has 0 spiro atoms. The molecule has 2 unspecified atom stereocenters. The topological polar surface area (TPSA) is 66.8 Å². The number of halogens is 3. The minimum atomic E-state index is -4.18. The lowest BCUT2D eigenvalue weighted by atomic mass is 9.95. The van der Waals surface area contributed by atoms with Gasteiger partial charge in [-0.25, -0.2) is 17.2 Å². The van der Waals surface area contributed by atoms with Crippen molar-refractivity contribution in [1.29, 1.82) is 0 Å². The molecule has 0 aromatic heterocycles. The highest BCUT2D eigenvalue weighted by Gasteiger charge is 2.38. The maximum Gasteiger partial charge on any atom is 0.264 e. The molecule has 178 valence electrons. The summed E-state index contributed by atoms with van der Waals surface area (Å²) in [6.45, 7) is 1.60. The summed E-state index contributed by atoms with van der Waals surface area (Å²) in [6, 6.07) is 12.0. The summed E-state index contributed by atoms with van der Waals surface area (Å²) in [6.07, 6.45) is 2.47. The van der Waals surface area contributed by atoms with Crippen molar-refractivity contribution in [3.05, 3.63) is 87.9 Å². The molecule has 0 amide bonds. The van der Waals surface area contributed by atoms with Crippen LogP contribution in [0.3, 0.4) is 0 Å². The summed E-state index contributed by atoms with van der Waals surface area (Å²) in [5, 5.41) is 10.8. The van der Waals surface area contributed by atoms with Gasteiger partial charge in [-0.2, -0.15) is 0 Å². The summed E-state index contributed by atoms with van der Waals surface area (Å²) in [5.74, 6) is -1.37. The van der Waals surface area contributed by atoms with Gasteiger partial charge in [-0.1, -0.05) is 35.9 Å². The maximum absolute atomic E-state index is 14.1. The number of nitrogens with zero attached hydrogens (tertiary/aromatic N) is 1. The number of aliphatic hydroxyl groups is 1. The number of fused-ring (bicyclic) bond motifs is 1. The van der Waals surface area contributed by atoms with E-state index in [9.17, 15) is 22.3 Å². The second-order valence-electron chi connectivity index (χ2n) is 7.97. The molecule has 1 aliphatic rings. The normalized spacial score (nSPS) is 18.2. The molecule has 1 aliphatic heterocycles. The van der Waals surface area contributed by atoms with Gasteiger partial charge in [0, 0.05) is 18.1 Å². The van der Waals surface area contributed by atoms with Gasteiger partial charge in [-0.15, -0.1) is 0 Å². The van der Waals surface area contributed by atoms with E-state index in [0.29, 0.717) is 16.8 Å². The average molecular weight is 506 g/mol. The van der Waals surface area contributed by atoms with E-state index in [0.717, 1.165) is 22.5 Å². The Bertz CT molecular complexity index is 1360. The van der Waals surface area contributed by atoms with Gasteiger partial charge in [0.1, 0.15) is 5.82 Å². The minimum absolute atomic E-state index is 0.170. The van der Waals surface area contributed by atoms with Crippen LogP contribution in [0.15, 0.2) is 59.5 Å². The largest absolute Gasteiger partial charge is 0.494 e. The van der Waals surface area contributed by atoms with Gasteiger partial charge in [0.05, 0.1) is 34.9 Å². The molecular weight excluding hydrogens is 484 g/mol. The van der Waals surface area contributed by atoms with Crippen molar-refractivity contribution in [2.45, 2.75) is 30.4 Å². The quantitative estimate of drug-likeness (QED) is 0.478. The molecule has 34 heavy (non-hydrogen) atoms. The molecule has 0 radical (unpaired) electrons. The van der Waals surface area contributed by atoms with Gasteiger partial charge >= 0.3 is 0 Å². The van der Waals surface area contributed by atoms with Gasteiger partial charge in [-0.3, -0.25) is 4.31 Å². The van der Waals surface area contributed by atoms with Gasteiger partial charge < -0.3 is 9.84 Å². The van der Waals surface area contributed by atoms with Crippen molar-refractivity contribution in [2.24, 2.45) is 0 Å². The lowest BCUT2D eigenvalue weighted by Crippen LogP contribution is -2.49. The third kappa shape index (κ3) is 4.41. The van der Waals surface area contributed by atoms with Gasteiger partial charge in [0.2, 0.25) is 0 Å². The van der Waals surface area contributed by atoms with Crippen molar-refractivity contribution in [3.63, 3.8) is 0 Å². The van der Waals surface area contributed by atoms with E-state index in [-0.39, 0.29) is 27.7 Å². The zero-order chi connectivity index (χ0) is 24.6. The molecule has 3 aromatic rings. The molecule has 0 saturated heterocycles. The third-order valence-electron chi connectivity index (χ3n) is 5.82. The van der Waals surface area contributed by atoms with E-state index >= 15 is 0 Å². The van der Waals surface area contributed by atoms with E-state index in [4.69, 9.17) is 16.3 Å². The standard InChI is InChI=1S/C25H22ClF2NO4S/c1-15-24(30)13-17-8-6-16(7-10-19-20(26)4-3-5-21(19)27)12-23(17)29(15)34(31,32)18-9-11-22(28)25(14-18)33-2/h3-12,14-15,24,30H,13H2,1-2H3/b10-7+. The molecular formula is C25H22ClF2NO4S. The zero-order valence-corrected chi connectivity index (χ0v) is 19.9. The number of hydrogen-bond donors (Lipinski definition) is 1. The number of anilines is 1. The van der Waals surface area contributed by atoms with Gasteiger partial charge in [-0.05, 0) is 54.5 Å². The van der Waals surface area contributed by atoms with Crippen LogP contribution in [0.5, 0.6) is 5.75 Å². The molecule has 4 rings (SSSR count). The Labute approximate surface area is 201 Å². The fraction of sp³-hybridized carbons (Fsp3) is 0.200. The number of sulfonamides is 1. The molecule has 5 nitrogen and oxygen atoms in total. The van der Waals surface area contributed by atoms with E-state index in [1.807, 2.05) is 0 Å². The Morgan fingerprint density at radius 2 is 1.85 bits per heavy atom. The van der Waals surface area contributed by atoms with E-state index in [2.05, 4.69) is 0 Å². The van der Waals surface area contributed by atoms with Crippen molar-refractivity contribution in [3.8, 4) is 5.75 Å². The van der Waals surface area contributed by atoms with Crippen molar-refractivity contribution in [2.75, 3.05) is 11.4 Å². The zero-order valence-electron chi connectivity index (χ0n) is 18.4. The number of hydrogen-bond acceptors (Lipinski definition) is 4. The molecule has 0 fully saturated rings. The Kier molecular flexibility index (Phi) is 6.66. The third-order valence-corrected chi connectivity index (χ3v) is 8.05.